The predicted octanol–water partition coefficient (Wildman–Crippen LogP) is 1.82. The first kappa shape index (κ1) is 16.0. The molecule has 20 heavy (non-hydrogen) atoms. The lowest BCUT2D eigenvalue weighted by molar-refractivity contribution is -0.146. The fourth-order valence-corrected chi connectivity index (χ4v) is 1.71. The van der Waals surface area contributed by atoms with Gasteiger partial charge >= 0.3 is 5.97 Å². The van der Waals surface area contributed by atoms with Crippen LogP contribution in [0.3, 0.4) is 0 Å². The molecule has 0 aliphatic heterocycles. The maximum absolute atomic E-state index is 12.1. The highest BCUT2D eigenvalue weighted by molar-refractivity contribution is 5.98. The smallest absolute Gasteiger partial charge is 0.330 e. The summed E-state index contributed by atoms with van der Waals surface area (Å²) in [6.45, 7) is 6.16. The number of benzene rings is 1. The van der Waals surface area contributed by atoms with Crippen molar-refractivity contribution in [1.82, 2.24) is 5.32 Å². The zero-order valence-electron chi connectivity index (χ0n) is 12.7. The Balaban J connectivity index is 2.81. The minimum atomic E-state index is -1.05. The molecule has 110 valence electrons. The Labute approximate surface area is 119 Å². The van der Waals surface area contributed by atoms with Crippen LogP contribution in [-0.4, -0.2) is 38.1 Å². The Hall–Kier alpha value is -2.04. The maximum atomic E-state index is 12.1. The molecule has 0 heterocycles. The van der Waals surface area contributed by atoms with Gasteiger partial charge in [-0.05, 0) is 45.0 Å². The van der Waals surface area contributed by atoms with E-state index in [1.165, 1.54) is 7.11 Å². The molecule has 0 aliphatic carbocycles. The van der Waals surface area contributed by atoms with E-state index in [9.17, 15) is 9.59 Å². The van der Waals surface area contributed by atoms with Crippen molar-refractivity contribution in [3.05, 3.63) is 29.8 Å². The first-order valence-corrected chi connectivity index (χ1v) is 6.54. The van der Waals surface area contributed by atoms with E-state index in [0.717, 1.165) is 12.2 Å². The van der Waals surface area contributed by atoms with Crippen molar-refractivity contribution in [3.8, 4) is 0 Å². The summed E-state index contributed by atoms with van der Waals surface area (Å²) in [5, 5.41) is 2.66. The van der Waals surface area contributed by atoms with Crippen LogP contribution in [0.4, 0.5) is 5.69 Å². The van der Waals surface area contributed by atoms with Gasteiger partial charge in [0.1, 0.15) is 5.54 Å². The van der Waals surface area contributed by atoms with E-state index >= 15 is 0 Å². The van der Waals surface area contributed by atoms with Gasteiger partial charge in [0.2, 0.25) is 0 Å². The number of rotatable bonds is 5. The SMILES string of the molecule is CCN(C)c1ccc(C(=O)NC(C)(C)C(=O)OC)cc1. The molecule has 0 fully saturated rings. The standard InChI is InChI=1S/C15H22N2O3/c1-6-17(4)12-9-7-11(8-10-12)13(18)16-15(2,3)14(19)20-5/h7-10H,6H2,1-5H3,(H,16,18). The summed E-state index contributed by atoms with van der Waals surface area (Å²) < 4.78 is 4.66. The van der Waals surface area contributed by atoms with E-state index < -0.39 is 11.5 Å². The summed E-state index contributed by atoms with van der Waals surface area (Å²) in [6, 6.07) is 7.24. The van der Waals surface area contributed by atoms with Gasteiger partial charge in [-0.3, -0.25) is 4.79 Å². The zero-order valence-corrected chi connectivity index (χ0v) is 12.7. The molecular formula is C15H22N2O3. The molecule has 1 aromatic rings. The van der Waals surface area contributed by atoms with Crippen molar-refractivity contribution in [2.24, 2.45) is 0 Å². The molecule has 0 bridgehead atoms. The molecule has 1 N–H and O–H groups in total. The highest BCUT2D eigenvalue weighted by atomic mass is 16.5. The van der Waals surface area contributed by atoms with E-state index in [0.29, 0.717) is 5.56 Å². The maximum Gasteiger partial charge on any atom is 0.330 e. The third kappa shape index (κ3) is 3.73. The molecule has 5 heteroatoms. The third-order valence-electron chi connectivity index (χ3n) is 3.17. The molecule has 0 atom stereocenters. The van der Waals surface area contributed by atoms with E-state index in [-0.39, 0.29) is 5.91 Å². The number of methoxy groups -OCH3 is 1. The van der Waals surface area contributed by atoms with Gasteiger partial charge in [-0.2, -0.15) is 0 Å². The van der Waals surface area contributed by atoms with Crippen LogP contribution >= 0.6 is 0 Å². The van der Waals surface area contributed by atoms with Crippen LogP contribution in [0.25, 0.3) is 0 Å². The monoisotopic (exact) mass is 278 g/mol. The van der Waals surface area contributed by atoms with Crippen LogP contribution in [0.2, 0.25) is 0 Å². The minimum absolute atomic E-state index is 0.300. The Kier molecular flexibility index (Phi) is 5.13. The highest BCUT2D eigenvalue weighted by Crippen LogP contribution is 2.14. The number of ether oxygens (including phenoxy) is 1. The van der Waals surface area contributed by atoms with E-state index in [1.54, 1.807) is 26.0 Å². The quantitative estimate of drug-likeness (QED) is 0.835. The van der Waals surface area contributed by atoms with Crippen molar-refractivity contribution >= 4 is 17.6 Å². The van der Waals surface area contributed by atoms with Gasteiger partial charge in [0.05, 0.1) is 7.11 Å². The summed E-state index contributed by atoms with van der Waals surface area (Å²) in [5.74, 6) is -0.778. The summed E-state index contributed by atoms with van der Waals surface area (Å²) in [7, 11) is 3.28. The second kappa shape index (κ2) is 6.41. The summed E-state index contributed by atoms with van der Waals surface area (Å²) in [6.07, 6.45) is 0. The number of nitrogens with zero attached hydrogens (tertiary/aromatic N) is 1. The van der Waals surface area contributed by atoms with Gasteiger partial charge in [0.25, 0.3) is 5.91 Å². The molecule has 5 nitrogen and oxygen atoms in total. The van der Waals surface area contributed by atoms with Crippen LogP contribution in [0.1, 0.15) is 31.1 Å². The van der Waals surface area contributed by atoms with Crippen molar-refractivity contribution in [2.75, 3.05) is 25.6 Å². The zero-order chi connectivity index (χ0) is 15.3. The molecule has 0 aliphatic rings. The van der Waals surface area contributed by atoms with Crippen LogP contribution in [-0.2, 0) is 9.53 Å². The van der Waals surface area contributed by atoms with Crippen molar-refractivity contribution < 1.29 is 14.3 Å². The van der Waals surface area contributed by atoms with Crippen LogP contribution in [0.5, 0.6) is 0 Å². The second-order valence-corrected chi connectivity index (χ2v) is 5.13. The number of anilines is 1. The molecule has 0 spiro atoms. The molecular weight excluding hydrogens is 256 g/mol. The number of amides is 1. The molecule has 1 aromatic carbocycles. The van der Waals surface area contributed by atoms with Gasteiger partial charge in [-0.1, -0.05) is 0 Å². The number of nitrogens with one attached hydrogen (secondary N) is 1. The Morgan fingerprint density at radius 2 is 1.80 bits per heavy atom. The number of carbonyl (C=O) groups is 2. The lowest BCUT2D eigenvalue weighted by Crippen LogP contribution is -2.50. The topological polar surface area (TPSA) is 58.6 Å². The van der Waals surface area contributed by atoms with E-state index in [1.807, 2.05) is 19.2 Å². The number of hydrogen-bond donors (Lipinski definition) is 1. The van der Waals surface area contributed by atoms with E-state index in [4.69, 9.17) is 0 Å². The Morgan fingerprint density at radius 3 is 2.25 bits per heavy atom. The van der Waals surface area contributed by atoms with Gasteiger partial charge in [0.15, 0.2) is 0 Å². The summed E-state index contributed by atoms with van der Waals surface area (Å²) in [4.78, 5) is 25.7. The normalized spacial score (nSPS) is 10.8. The van der Waals surface area contributed by atoms with Gasteiger partial charge in [-0.15, -0.1) is 0 Å². The Bertz CT molecular complexity index is 480. The fraction of sp³-hybridized carbons (Fsp3) is 0.467. The summed E-state index contributed by atoms with van der Waals surface area (Å²) in [5.41, 5.74) is 0.497. The van der Waals surface area contributed by atoms with Crippen molar-refractivity contribution in [1.29, 1.82) is 0 Å². The number of hydrogen-bond acceptors (Lipinski definition) is 4. The number of esters is 1. The fourth-order valence-electron chi connectivity index (χ4n) is 1.71. The van der Waals surface area contributed by atoms with Crippen LogP contribution in [0, 0.1) is 0 Å². The average Bonchev–Trinajstić information content (AvgIpc) is 2.45. The lowest BCUT2D eigenvalue weighted by atomic mass is 10.0. The average molecular weight is 278 g/mol. The molecule has 1 rings (SSSR count). The van der Waals surface area contributed by atoms with Gasteiger partial charge in [-0.25, -0.2) is 4.79 Å². The molecule has 0 saturated heterocycles. The number of carbonyl (C=O) groups excluding carboxylic acids is 2. The van der Waals surface area contributed by atoms with Crippen LogP contribution in [0.15, 0.2) is 24.3 Å². The van der Waals surface area contributed by atoms with Crippen molar-refractivity contribution in [2.45, 2.75) is 26.3 Å². The van der Waals surface area contributed by atoms with E-state index in [2.05, 4.69) is 21.9 Å². The summed E-state index contributed by atoms with van der Waals surface area (Å²) >= 11 is 0. The molecule has 1 amide bonds. The third-order valence-corrected chi connectivity index (χ3v) is 3.17. The predicted molar refractivity (Wildman–Crippen MR) is 78.9 cm³/mol. The molecule has 0 unspecified atom stereocenters. The minimum Gasteiger partial charge on any atom is -0.467 e. The van der Waals surface area contributed by atoms with Gasteiger partial charge < -0.3 is 15.0 Å². The molecule has 0 aromatic heterocycles. The lowest BCUT2D eigenvalue weighted by Gasteiger charge is -2.23. The van der Waals surface area contributed by atoms with Crippen LogP contribution < -0.4 is 10.2 Å². The van der Waals surface area contributed by atoms with Gasteiger partial charge in [0, 0.05) is 24.8 Å². The molecule has 0 saturated carbocycles. The second-order valence-electron chi connectivity index (χ2n) is 5.13. The Morgan fingerprint density at radius 1 is 1.25 bits per heavy atom. The highest BCUT2D eigenvalue weighted by Gasteiger charge is 2.30. The molecule has 0 radical (unpaired) electrons. The van der Waals surface area contributed by atoms with Crippen molar-refractivity contribution in [3.63, 3.8) is 0 Å². The first-order valence-electron chi connectivity index (χ1n) is 6.54. The largest absolute Gasteiger partial charge is 0.467 e. The first-order chi connectivity index (χ1) is 9.31.